The molecule has 29 heavy (non-hydrogen) atoms. The molecule has 0 bridgehead atoms. The molecule has 2 aromatic carbocycles. The van der Waals surface area contributed by atoms with Crippen LogP contribution in [0.2, 0.25) is 0 Å². The molecule has 1 amide bonds. The second-order valence-electron chi connectivity index (χ2n) is 6.37. The van der Waals surface area contributed by atoms with Crippen LogP contribution in [0.15, 0.2) is 42.6 Å². The van der Waals surface area contributed by atoms with E-state index in [4.69, 9.17) is 19.9 Å². The normalized spacial score (nSPS) is 12.8. The van der Waals surface area contributed by atoms with Crippen molar-refractivity contribution in [1.29, 1.82) is 0 Å². The molecule has 0 fully saturated rings. The molecule has 1 atom stereocenters. The molecule has 0 radical (unpaired) electrons. The van der Waals surface area contributed by atoms with Crippen molar-refractivity contribution < 1.29 is 23.8 Å². The summed E-state index contributed by atoms with van der Waals surface area (Å²) in [5.74, 6) is -0.318. The lowest BCUT2D eigenvalue weighted by Crippen LogP contribution is -2.22. The van der Waals surface area contributed by atoms with Gasteiger partial charge in [0.2, 0.25) is 12.7 Å². The summed E-state index contributed by atoms with van der Waals surface area (Å²) in [5.41, 5.74) is 8.48. The summed E-state index contributed by atoms with van der Waals surface area (Å²) in [6, 6.07) is 10.6. The van der Waals surface area contributed by atoms with E-state index in [1.165, 1.54) is 7.11 Å². The zero-order chi connectivity index (χ0) is 21.1. The number of primary amides is 1. The first kappa shape index (κ1) is 21.7. The molecule has 1 unspecified atom stereocenters. The number of aryl methyl sites for hydroxylation is 1. The molecule has 1 aromatic heterocycles. The second kappa shape index (κ2) is 9.20. The number of ether oxygens (including phenoxy) is 3. The summed E-state index contributed by atoms with van der Waals surface area (Å²) in [6.07, 6.45) is 1.85. The van der Waals surface area contributed by atoms with Gasteiger partial charge in [-0.25, -0.2) is 4.79 Å². The van der Waals surface area contributed by atoms with Gasteiger partial charge in [0.15, 0.2) is 11.5 Å². The standard InChI is InChI=1S/C20H18N2O5.I2/c1-22-9-14(13-5-3-12(7-15(13)22)20(24)25-2)18(19(21)23)11-4-6-16-17(8-11)27-10-26-16;1-2/h3-9,18H,10H2,1-2H3,(H2,21,23);. The SMILES string of the molecule is COC(=O)c1ccc2c(C(C(N)=O)c3ccc4c(c3)OCO4)cn(C)c2c1.II. The molecule has 1 aliphatic rings. The summed E-state index contributed by atoms with van der Waals surface area (Å²) in [7, 11) is 3.19. The number of esters is 1. The number of fused-ring (bicyclic) bond motifs is 2. The van der Waals surface area contributed by atoms with Gasteiger partial charge in [-0.1, -0.05) is 12.1 Å². The first-order valence-corrected chi connectivity index (χ1v) is 14.8. The Morgan fingerprint density at radius 1 is 1.14 bits per heavy atom. The molecule has 2 N–H and O–H groups in total. The number of hydrogen-bond acceptors (Lipinski definition) is 5. The van der Waals surface area contributed by atoms with Crippen molar-refractivity contribution in [2.24, 2.45) is 12.8 Å². The van der Waals surface area contributed by atoms with E-state index in [0.717, 1.165) is 22.0 Å². The summed E-state index contributed by atoms with van der Waals surface area (Å²) in [5, 5.41) is 0.839. The number of amides is 1. The number of nitrogens with two attached hydrogens (primary N) is 1. The first-order valence-electron chi connectivity index (χ1n) is 8.50. The van der Waals surface area contributed by atoms with Crippen molar-refractivity contribution in [3.63, 3.8) is 0 Å². The lowest BCUT2D eigenvalue weighted by molar-refractivity contribution is -0.118. The van der Waals surface area contributed by atoms with Crippen molar-refractivity contribution in [1.82, 2.24) is 4.57 Å². The van der Waals surface area contributed by atoms with Gasteiger partial charge in [-0.15, -0.1) is 0 Å². The predicted molar refractivity (Wildman–Crippen MR) is 126 cm³/mol. The Morgan fingerprint density at radius 2 is 1.86 bits per heavy atom. The molecule has 0 saturated carbocycles. The average Bonchev–Trinajstić information content (AvgIpc) is 3.33. The van der Waals surface area contributed by atoms with E-state index < -0.39 is 17.8 Å². The third-order valence-corrected chi connectivity index (χ3v) is 4.77. The third kappa shape index (κ3) is 4.15. The minimum Gasteiger partial charge on any atom is -0.465 e. The largest absolute Gasteiger partial charge is 0.465 e. The second-order valence-corrected chi connectivity index (χ2v) is 6.37. The maximum Gasteiger partial charge on any atom is 0.337 e. The van der Waals surface area contributed by atoms with Crippen molar-refractivity contribution in [3.05, 3.63) is 59.3 Å². The van der Waals surface area contributed by atoms with Gasteiger partial charge in [-0.2, -0.15) is 0 Å². The number of carbonyl (C=O) groups is 2. The molecular formula is C20H18I2N2O5. The van der Waals surface area contributed by atoms with E-state index >= 15 is 0 Å². The van der Waals surface area contributed by atoms with Gasteiger partial charge in [-0.05, 0) is 35.4 Å². The fourth-order valence-corrected chi connectivity index (χ4v) is 3.48. The van der Waals surface area contributed by atoms with Gasteiger partial charge in [0.05, 0.1) is 18.6 Å². The molecule has 7 nitrogen and oxygen atoms in total. The Bertz CT molecular complexity index is 1080. The number of benzene rings is 2. The summed E-state index contributed by atoms with van der Waals surface area (Å²) >= 11 is 4.24. The monoisotopic (exact) mass is 620 g/mol. The number of rotatable bonds is 4. The van der Waals surface area contributed by atoms with Crippen molar-refractivity contribution in [2.75, 3.05) is 13.9 Å². The quantitative estimate of drug-likeness (QED) is 0.351. The smallest absolute Gasteiger partial charge is 0.337 e. The Morgan fingerprint density at radius 3 is 2.55 bits per heavy atom. The van der Waals surface area contributed by atoms with Crippen molar-refractivity contribution in [3.8, 4) is 11.5 Å². The van der Waals surface area contributed by atoms with Gasteiger partial charge in [0.25, 0.3) is 0 Å². The van der Waals surface area contributed by atoms with E-state index in [-0.39, 0.29) is 6.79 Å². The van der Waals surface area contributed by atoms with E-state index in [2.05, 4.69) is 37.2 Å². The summed E-state index contributed by atoms with van der Waals surface area (Å²) < 4.78 is 17.4. The van der Waals surface area contributed by atoms with E-state index in [9.17, 15) is 9.59 Å². The third-order valence-electron chi connectivity index (χ3n) is 4.77. The van der Waals surface area contributed by atoms with Crippen LogP contribution in [0.1, 0.15) is 27.4 Å². The van der Waals surface area contributed by atoms with Crippen molar-refractivity contribution >= 4 is 60.0 Å². The first-order chi connectivity index (χ1) is 14.0. The minimum absolute atomic E-state index is 0.157. The number of methoxy groups -OCH3 is 1. The van der Waals surface area contributed by atoms with Crippen LogP contribution in [0.4, 0.5) is 0 Å². The number of hydrogen-bond donors (Lipinski definition) is 1. The fourth-order valence-electron chi connectivity index (χ4n) is 3.48. The average molecular weight is 620 g/mol. The van der Waals surface area contributed by atoms with Crippen LogP contribution in [0.5, 0.6) is 11.5 Å². The molecule has 0 saturated heterocycles. The number of aromatic nitrogens is 1. The molecule has 9 heteroatoms. The maximum atomic E-state index is 12.3. The molecule has 0 spiro atoms. The minimum atomic E-state index is -0.660. The molecule has 2 heterocycles. The van der Waals surface area contributed by atoms with Crippen LogP contribution < -0.4 is 15.2 Å². The highest BCUT2D eigenvalue weighted by atomic mass is 128. The van der Waals surface area contributed by atoms with Gasteiger partial charge in [0, 0.05) is 61.4 Å². The molecule has 1 aliphatic heterocycles. The molecule has 0 aliphatic carbocycles. The van der Waals surface area contributed by atoms with E-state index in [0.29, 0.717) is 17.1 Å². The highest BCUT2D eigenvalue weighted by Crippen LogP contribution is 2.38. The maximum absolute atomic E-state index is 12.3. The zero-order valence-electron chi connectivity index (χ0n) is 15.6. The van der Waals surface area contributed by atoms with Gasteiger partial charge < -0.3 is 24.5 Å². The Labute approximate surface area is 190 Å². The predicted octanol–water partition coefficient (Wildman–Crippen LogP) is 4.08. The Balaban J connectivity index is 0.00000117. The highest BCUT2D eigenvalue weighted by Gasteiger charge is 2.27. The summed E-state index contributed by atoms with van der Waals surface area (Å²) in [4.78, 5) is 24.2. The lowest BCUT2D eigenvalue weighted by atomic mass is 9.90. The summed E-state index contributed by atoms with van der Waals surface area (Å²) in [6.45, 7) is 0.157. The molecule has 152 valence electrons. The molecule has 3 aromatic rings. The van der Waals surface area contributed by atoms with Crippen LogP contribution >= 0.6 is 37.2 Å². The Hall–Kier alpha value is -2.02. The van der Waals surface area contributed by atoms with Crippen LogP contribution in [0, 0.1) is 0 Å². The number of carbonyl (C=O) groups excluding carboxylic acids is 2. The lowest BCUT2D eigenvalue weighted by Gasteiger charge is -2.14. The van der Waals surface area contributed by atoms with Crippen LogP contribution in [-0.4, -0.2) is 30.3 Å². The fraction of sp³-hybridized carbons (Fsp3) is 0.200. The topological polar surface area (TPSA) is 92.8 Å². The number of halogens is 2. The van der Waals surface area contributed by atoms with Gasteiger partial charge in [0.1, 0.15) is 0 Å². The number of nitrogens with zero attached hydrogens (tertiary/aromatic N) is 1. The highest BCUT2D eigenvalue weighted by molar-refractivity contribution is 15.0. The van der Waals surface area contributed by atoms with Gasteiger partial charge >= 0.3 is 5.97 Å². The van der Waals surface area contributed by atoms with Crippen LogP contribution in [-0.2, 0) is 16.6 Å². The van der Waals surface area contributed by atoms with E-state index in [1.807, 2.05) is 23.9 Å². The van der Waals surface area contributed by atoms with Crippen LogP contribution in [0.25, 0.3) is 10.9 Å². The molecular weight excluding hydrogens is 602 g/mol. The van der Waals surface area contributed by atoms with Crippen molar-refractivity contribution in [2.45, 2.75) is 5.92 Å². The van der Waals surface area contributed by atoms with E-state index in [1.54, 1.807) is 30.3 Å². The zero-order valence-corrected chi connectivity index (χ0v) is 20.0. The molecule has 4 rings (SSSR count). The van der Waals surface area contributed by atoms with Gasteiger partial charge in [-0.3, -0.25) is 4.79 Å². The Kier molecular flexibility index (Phi) is 6.88. The van der Waals surface area contributed by atoms with Crippen LogP contribution in [0.3, 0.4) is 0 Å².